The number of hydrogen-bond acceptors (Lipinski definition) is 5. The first-order chi connectivity index (χ1) is 17.3. The SMILES string of the molecule is COc1cc(Cn2cc(CC(=O)NCCc3ccc(S(N)(=O)=O)cc3)c3ccccc32)cc(OC)c1. The summed E-state index contributed by atoms with van der Waals surface area (Å²) in [4.78, 5) is 12.8. The number of hydrogen-bond donors (Lipinski definition) is 2. The topological polar surface area (TPSA) is 113 Å². The lowest BCUT2D eigenvalue weighted by molar-refractivity contribution is -0.120. The van der Waals surface area contributed by atoms with E-state index >= 15 is 0 Å². The number of benzene rings is 3. The summed E-state index contributed by atoms with van der Waals surface area (Å²) in [7, 11) is -0.466. The van der Waals surface area contributed by atoms with Crippen LogP contribution in [0.5, 0.6) is 11.5 Å². The molecule has 4 aromatic rings. The second-order valence-electron chi connectivity index (χ2n) is 8.49. The molecule has 0 aliphatic heterocycles. The number of nitrogens with two attached hydrogens (primary N) is 1. The molecule has 0 fully saturated rings. The van der Waals surface area contributed by atoms with Crippen LogP contribution >= 0.6 is 0 Å². The molecular weight excluding hydrogens is 478 g/mol. The van der Waals surface area contributed by atoms with E-state index in [1.807, 2.05) is 48.7 Å². The lowest BCUT2D eigenvalue weighted by Crippen LogP contribution is -2.27. The van der Waals surface area contributed by atoms with Gasteiger partial charge in [0.05, 0.1) is 25.5 Å². The number of aromatic nitrogens is 1. The van der Waals surface area contributed by atoms with Gasteiger partial charge < -0.3 is 19.4 Å². The minimum absolute atomic E-state index is 0.0686. The highest BCUT2D eigenvalue weighted by atomic mass is 32.2. The van der Waals surface area contributed by atoms with Gasteiger partial charge in [0.15, 0.2) is 0 Å². The predicted molar refractivity (Wildman–Crippen MR) is 139 cm³/mol. The Morgan fingerprint density at radius 1 is 0.944 bits per heavy atom. The van der Waals surface area contributed by atoms with Crippen LogP contribution in [0.3, 0.4) is 0 Å². The maximum atomic E-state index is 12.7. The molecule has 0 atom stereocenters. The van der Waals surface area contributed by atoms with Gasteiger partial charge in [0, 0.05) is 36.3 Å². The second kappa shape index (κ2) is 10.8. The minimum atomic E-state index is -3.72. The number of para-hydroxylation sites is 1. The summed E-state index contributed by atoms with van der Waals surface area (Å²) in [6.45, 7) is 1.04. The molecule has 3 N–H and O–H groups in total. The van der Waals surface area contributed by atoms with Gasteiger partial charge in [-0.3, -0.25) is 4.79 Å². The number of fused-ring (bicyclic) bond motifs is 1. The van der Waals surface area contributed by atoms with Gasteiger partial charge in [0.25, 0.3) is 0 Å². The number of methoxy groups -OCH3 is 2. The van der Waals surface area contributed by atoms with Crippen LogP contribution in [0.2, 0.25) is 0 Å². The van der Waals surface area contributed by atoms with E-state index in [1.165, 1.54) is 12.1 Å². The summed E-state index contributed by atoms with van der Waals surface area (Å²) in [6.07, 6.45) is 2.84. The van der Waals surface area contributed by atoms with Gasteiger partial charge in [-0.25, -0.2) is 13.6 Å². The van der Waals surface area contributed by atoms with Crippen LogP contribution in [-0.2, 0) is 34.2 Å². The first-order valence-electron chi connectivity index (χ1n) is 11.4. The van der Waals surface area contributed by atoms with Crippen molar-refractivity contribution in [3.05, 3.63) is 89.6 Å². The fourth-order valence-corrected chi connectivity index (χ4v) is 4.69. The van der Waals surface area contributed by atoms with Crippen LogP contribution < -0.4 is 19.9 Å². The van der Waals surface area contributed by atoms with E-state index in [0.29, 0.717) is 19.5 Å². The number of carbonyl (C=O) groups excluding carboxylic acids is 1. The van der Waals surface area contributed by atoms with E-state index in [1.54, 1.807) is 26.4 Å². The van der Waals surface area contributed by atoms with Crippen molar-refractivity contribution in [1.29, 1.82) is 0 Å². The van der Waals surface area contributed by atoms with E-state index in [4.69, 9.17) is 14.6 Å². The first kappa shape index (κ1) is 25.3. The van der Waals surface area contributed by atoms with Crippen molar-refractivity contribution < 1.29 is 22.7 Å². The van der Waals surface area contributed by atoms with Crippen molar-refractivity contribution in [2.75, 3.05) is 20.8 Å². The number of nitrogens with zero attached hydrogens (tertiary/aromatic N) is 1. The highest BCUT2D eigenvalue weighted by Crippen LogP contribution is 2.26. The summed E-state index contributed by atoms with van der Waals surface area (Å²) in [5.41, 5.74) is 3.91. The number of rotatable bonds is 10. The van der Waals surface area contributed by atoms with Crippen LogP contribution in [-0.4, -0.2) is 39.7 Å². The number of nitrogens with one attached hydrogen (secondary N) is 1. The third-order valence-electron chi connectivity index (χ3n) is 5.97. The molecule has 188 valence electrons. The monoisotopic (exact) mass is 507 g/mol. The Morgan fingerprint density at radius 3 is 2.25 bits per heavy atom. The van der Waals surface area contributed by atoms with Crippen molar-refractivity contribution in [1.82, 2.24) is 9.88 Å². The molecule has 0 unspecified atom stereocenters. The molecule has 0 saturated carbocycles. The zero-order chi connectivity index (χ0) is 25.7. The fraction of sp³-hybridized carbons (Fsp3) is 0.222. The summed E-state index contributed by atoms with van der Waals surface area (Å²) in [6, 6.07) is 20.1. The summed E-state index contributed by atoms with van der Waals surface area (Å²) in [5, 5.41) is 9.12. The molecule has 1 aromatic heterocycles. The number of ether oxygens (including phenoxy) is 2. The smallest absolute Gasteiger partial charge is 0.238 e. The maximum Gasteiger partial charge on any atom is 0.238 e. The average Bonchev–Trinajstić information content (AvgIpc) is 3.20. The quantitative estimate of drug-likeness (QED) is 0.342. The lowest BCUT2D eigenvalue weighted by atomic mass is 10.1. The molecule has 36 heavy (non-hydrogen) atoms. The zero-order valence-corrected chi connectivity index (χ0v) is 21.0. The number of sulfonamides is 1. The first-order valence-corrected chi connectivity index (χ1v) is 13.0. The minimum Gasteiger partial charge on any atom is -0.497 e. The Kier molecular flexibility index (Phi) is 7.61. The summed E-state index contributed by atoms with van der Waals surface area (Å²) >= 11 is 0. The second-order valence-corrected chi connectivity index (χ2v) is 10.0. The van der Waals surface area contributed by atoms with Gasteiger partial charge in [-0.2, -0.15) is 0 Å². The molecule has 4 rings (SSSR count). The third-order valence-corrected chi connectivity index (χ3v) is 6.90. The lowest BCUT2D eigenvalue weighted by Gasteiger charge is -2.10. The Labute approximate surface area is 210 Å². The highest BCUT2D eigenvalue weighted by molar-refractivity contribution is 7.89. The number of primary sulfonamides is 1. The predicted octanol–water partition coefficient (Wildman–Crippen LogP) is 3.26. The van der Waals surface area contributed by atoms with Crippen LogP contribution in [0.4, 0.5) is 0 Å². The fourth-order valence-electron chi connectivity index (χ4n) is 4.18. The average molecular weight is 508 g/mol. The molecule has 0 radical (unpaired) electrons. The standard InChI is InChI=1S/C27H29N3O5S/c1-34-22-13-20(14-23(16-22)35-2)17-30-18-21(25-5-3-4-6-26(25)30)15-27(31)29-12-11-19-7-9-24(10-8-19)36(28,32)33/h3-10,13-14,16,18H,11-12,15,17H2,1-2H3,(H,29,31)(H2,28,32,33). The van der Waals surface area contributed by atoms with Crippen molar-refractivity contribution >= 4 is 26.8 Å². The molecule has 0 saturated heterocycles. The molecule has 0 aliphatic rings. The molecule has 1 amide bonds. The van der Waals surface area contributed by atoms with Gasteiger partial charge in [-0.05, 0) is 53.4 Å². The van der Waals surface area contributed by atoms with Crippen molar-refractivity contribution in [3.63, 3.8) is 0 Å². The number of carbonyl (C=O) groups is 1. The Hall–Kier alpha value is -3.82. The largest absolute Gasteiger partial charge is 0.497 e. The Balaban J connectivity index is 1.44. The highest BCUT2D eigenvalue weighted by Gasteiger charge is 2.13. The molecule has 8 nitrogen and oxygen atoms in total. The van der Waals surface area contributed by atoms with E-state index in [2.05, 4.69) is 9.88 Å². The van der Waals surface area contributed by atoms with Crippen LogP contribution in [0.1, 0.15) is 16.7 Å². The van der Waals surface area contributed by atoms with Crippen LogP contribution in [0, 0.1) is 0 Å². The van der Waals surface area contributed by atoms with Gasteiger partial charge in [-0.1, -0.05) is 30.3 Å². The number of amides is 1. The normalized spacial score (nSPS) is 11.4. The van der Waals surface area contributed by atoms with Crippen molar-refractivity contribution in [2.45, 2.75) is 24.3 Å². The summed E-state index contributed by atoms with van der Waals surface area (Å²) in [5.74, 6) is 1.36. The molecule has 1 heterocycles. The molecule has 0 spiro atoms. The van der Waals surface area contributed by atoms with E-state index in [9.17, 15) is 13.2 Å². The van der Waals surface area contributed by atoms with Crippen LogP contribution in [0.15, 0.2) is 77.8 Å². The van der Waals surface area contributed by atoms with E-state index in [0.717, 1.165) is 39.1 Å². The van der Waals surface area contributed by atoms with Gasteiger partial charge in [0.2, 0.25) is 15.9 Å². The Morgan fingerprint density at radius 2 is 1.61 bits per heavy atom. The molecular formula is C27H29N3O5S. The van der Waals surface area contributed by atoms with Gasteiger partial charge >= 0.3 is 0 Å². The zero-order valence-electron chi connectivity index (χ0n) is 20.2. The van der Waals surface area contributed by atoms with E-state index in [-0.39, 0.29) is 17.2 Å². The van der Waals surface area contributed by atoms with Crippen molar-refractivity contribution in [3.8, 4) is 11.5 Å². The van der Waals surface area contributed by atoms with Gasteiger partial charge in [-0.15, -0.1) is 0 Å². The maximum absolute atomic E-state index is 12.7. The Bertz CT molecular complexity index is 1460. The third kappa shape index (κ3) is 6.05. The molecule has 0 aliphatic carbocycles. The van der Waals surface area contributed by atoms with Crippen LogP contribution in [0.25, 0.3) is 10.9 Å². The molecule has 9 heteroatoms. The molecule has 3 aromatic carbocycles. The van der Waals surface area contributed by atoms with Crippen molar-refractivity contribution in [2.24, 2.45) is 5.14 Å². The van der Waals surface area contributed by atoms with Gasteiger partial charge in [0.1, 0.15) is 11.5 Å². The summed E-state index contributed by atoms with van der Waals surface area (Å²) < 4.78 is 35.7. The van der Waals surface area contributed by atoms with E-state index < -0.39 is 10.0 Å². The molecule has 0 bridgehead atoms.